The Morgan fingerprint density at radius 3 is 2.82 bits per heavy atom. The lowest BCUT2D eigenvalue weighted by atomic mass is 10.4. The standard InChI is InChI=1S/C9H14O2/c1-2-3-4-7-11-9(10)8-5-6-8/h3-4,8H,2,5-7H2,1H3/b4-3+. The van der Waals surface area contributed by atoms with Crippen LogP contribution in [0, 0.1) is 5.92 Å². The second kappa shape index (κ2) is 4.16. The van der Waals surface area contributed by atoms with E-state index in [1.807, 2.05) is 12.2 Å². The Labute approximate surface area is 67.2 Å². The van der Waals surface area contributed by atoms with Gasteiger partial charge in [0.05, 0.1) is 5.92 Å². The molecule has 0 aromatic rings. The van der Waals surface area contributed by atoms with E-state index in [0.717, 1.165) is 19.3 Å². The van der Waals surface area contributed by atoms with Crippen LogP contribution in [0.15, 0.2) is 12.2 Å². The minimum Gasteiger partial charge on any atom is -0.461 e. The zero-order valence-electron chi connectivity index (χ0n) is 6.88. The smallest absolute Gasteiger partial charge is 0.309 e. The van der Waals surface area contributed by atoms with Gasteiger partial charge < -0.3 is 4.74 Å². The first kappa shape index (κ1) is 8.31. The molecule has 0 aromatic heterocycles. The van der Waals surface area contributed by atoms with Gasteiger partial charge in [0.25, 0.3) is 0 Å². The van der Waals surface area contributed by atoms with Gasteiger partial charge in [-0.3, -0.25) is 4.79 Å². The molecule has 0 saturated heterocycles. The molecule has 2 heteroatoms. The molecule has 0 amide bonds. The van der Waals surface area contributed by atoms with Gasteiger partial charge in [0.1, 0.15) is 6.61 Å². The molecule has 1 saturated carbocycles. The van der Waals surface area contributed by atoms with Crippen molar-refractivity contribution in [3.8, 4) is 0 Å². The summed E-state index contributed by atoms with van der Waals surface area (Å²) in [7, 11) is 0. The highest BCUT2D eigenvalue weighted by Crippen LogP contribution is 2.29. The molecule has 1 aliphatic carbocycles. The van der Waals surface area contributed by atoms with Crippen LogP contribution in [0.1, 0.15) is 26.2 Å². The number of ether oxygens (including phenoxy) is 1. The summed E-state index contributed by atoms with van der Waals surface area (Å²) in [4.78, 5) is 10.9. The summed E-state index contributed by atoms with van der Waals surface area (Å²) in [6, 6.07) is 0. The van der Waals surface area contributed by atoms with Crippen LogP contribution < -0.4 is 0 Å². The number of esters is 1. The Morgan fingerprint density at radius 1 is 1.55 bits per heavy atom. The van der Waals surface area contributed by atoms with Crippen LogP contribution in [0.3, 0.4) is 0 Å². The van der Waals surface area contributed by atoms with E-state index in [-0.39, 0.29) is 11.9 Å². The van der Waals surface area contributed by atoms with Crippen LogP contribution in [0.2, 0.25) is 0 Å². The van der Waals surface area contributed by atoms with Gasteiger partial charge in [-0.05, 0) is 19.3 Å². The first-order valence-corrected chi connectivity index (χ1v) is 4.16. The summed E-state index contributed by atoms with van der Waals surface area (Å²) in [5, 5.41) is 0. The average molecular weight is 154 g/mol. The zero-order chi connectivity index (χ0) is 8.10. The van der Waals surface area contributed by atoms with Crippen molar-refractivity contribution in [2.45, 2.75) is 26.2 Å². The molecule has 1 rings (SSSR count). The maximum Gasteiger partial charge on any atom is 0.309 e. The molecular weight excluding hydrogens is 140 g/mol. The number of hydrogen-bond donors (Lipinski definition) is 0. The van der Waals surface area contributed by atoms with Crippen molar-refractivity contribution in [2.75, 3.05) is 6.61 Å². The number of rotatable bonds is 4. The summed E-state index contributed by atoms with van der Waals surface area (Å²) < 4.78 is 4.94. The predicted molar refractivity (Wildman–Crippen MR) is 43.1 cm³/mol. The topological polar surface area (TPSA) is 26.3 Å². The molecule has 2 nitrogen and oxygen atoms in total. The molecule has 0 unspecified atom stereocenters. The Balaban J connectivity index is 2.01. The van der Waals surface area contributed by atoms with Gasteiger partial charge in [-0.15, -0.1) is 0 Å². The van der Waals surface area contributed by atoms with Gasteiger partial charge in [0.15, 0.2) is 0 Å². The molecule has 62 valence electrons. The van der Waals surface area contributed by atoms with Crippen molar-refractivity contribution in [3.05, 3.63) is 12.2 Å². The largest absolute Gasteiger partial charge is 0.461 e. The molecule has 1 aliphatic rings. The lowest BCUT2D eigenvalue weighted by molar-refractivity contribution is -0.143. The van der Waals surface area contributed by atoms with Gasteiger partial charge in [-0.1, -0.05) is 19.1 Å². The Hall–Kier alpha value is -0.790. The molecular formula is C9H14O2. The van der Waals surface area contributed by atoms with E-state index in [0.29, 0.717) is 6.61 Å². The molecule has 0 aromatic carbocycles. The van der Waals surface area contributed by atoms with Crippen molar-refractivity contribution in [1.82, 2.24) is 0 Å². The van der Waals surface area contributed by atoms with E-state index in [4.69, 9.17) is 4.74 Å². The predicted octanol–water partition coefficient (Wildman–Crippen LogP) is 1.91. The molecule has 0 heterocycles. The third-order valence-corrected chi connectivity index (χ3v) is 1.63. The maximum absolute atomic E-state index is 10.9. The molecule has 0 N–H and O–H groups in total. The van der Waals surface area contributed by atoms with E-state index < -0.39 is 0 Å². The Kier molecular flexibility index (Phi) is 3.14. The van der Waals surface area contributed by atoms with Crippen molar-refractivity contribution < 1.29 is 9.53 Å². The van der Waals surface area contributed by atoms with Gasteiger partial charge in [0.2, 0.25) is 0 Å². The summed E-state index contributed by atoms with van der Waals surface area (Å²) in [5.41, 5.74) is 0. The second-order valence-corrected chi connectivity index (χ2v) is 2.78. The molecule has 0 spiro atoms. The first-order chi connectivity index (χ1) is 5.34. The molecule has 1 fully saturated rings. The maximum atomic E-state index is 10.9. The van der Waals surface area contributed by atoms with Crippen molar-refractivity contribution in [1.29, 1.82) is 0 Å². The van der Waals surface area contributed by atoms with E-state index in [1.165, 1.54) is 0 Å². The summed E-state index contributed by atoms with van der Waals surface area (Å²) in [6.45, 7) is 2.50. The number of hydrogen-bond acceptors (Lipinski definition) is 2. The van der Waals surface area contributed by atoms with Crippen molar-refractivity contribution >= 4 is 5.97 Å². The minimum atomic E-state index is -0.0225. The molecule has 0 aliphatic heterocycles. The highest BCUT2D eigenvalue weighted by Gasteiger charge is 2.30. The van der Waals surface area contributed by atoms with Gasteiger partial charge in [-0.2, -0.15) is 0 Å². The van der Waals surface area contributed by atoms with Crippen molar-refractivity contribution in [2.24, 2.45) is 5.92 Å². The molecule has 0 radical (unpaired) electrons. The quantitative estimate of drug-likeness (QED) is 0.456. The fraction of sp³-hybridized carbons (Fsp3) is 0.667. The van der Waals surface area contributed by atoms with Gasteiger partial charge in [-0.25, -0.2) is 0 Å². The normalized spacial score (nSPS) is 17.2. The van der Waals surface area contributed by atoms with E-state index >= 15 is 0 Å². The van der Waals surface area contributed by atoms with E-state index in [2.05, 4.69) is 6.92 Å². The Morgan fingerprint density at radius 2 is 2.27 bits per heavy atom. The van der Waals surface area contributed by atoms with Crippen molar-refractivity contribution in [3.63, 3.8) is 0 Å². The number of carbonyl (C=O) groups is 1. The molecule has 11 heavy (non-hydrogen) atoms. The zero-order valence-corrected chi connectivity index (χ0v) is 6.88. The summed E-state index contributed by atoms with van der Waals surface area (Å²) in [5.74, 6) is 0.204. The molecule has 0 bridgehead atoms. The number of carbonyl (C=O) groups excluding carboxylic acids is 1. The lowest BCUT2D eigenvalue weighted by Crippen LogP contribution is -2.05. The fourth-order valence-electron chi connectivity index (χ4n) is 0.802. The highest BCUT2D eigenvalue weighted by atomic mass is 16.5. The van der Waals surface area contributed by atoms with Crippen LogP contribution in [0.4, 0.5) is 0 Å². The summed E-state index contributed by atoms with van der Waals surface area (Å²) >= 11 is 0. The lowest BCUT2D eigenvalue weighted by Gasteiger charge is -1.97. The average Bonchev–Trinajstić information content (AvgIpc) is 2.79. The van der Waals surface area contributed by atoms with Crippen LogP contribution in [-0.2, 0) is 9.53 Å². The van der Waals surface area contributed by atoms with Crippen LogP contribution >= 0.6 is 0 Å². The third kappa shape index (κ3) is 3.21. The first-order valence-electron chi connectivity index (χ1n) is 4.16. The fourth-order valence-corrected chi connectivity index (χ4v) is 0.802. The van der Waals surface area contributed by atoms with Gasteiger partial charge in [0, 0.05) is 0 Å². The SMILES string of the molecule is CC/C=C/COC(=O)C1CC1. The van der Waals surface area contributed by atoms with E-state index in [1.54, 1.807) is 0 Å². The highest BCUT2D eigenvalue weighted by molar-refractivity contribution is 5.74. The Bertz CT molecular complexity index is 157. The monoisotopic (exact) mass is 154 g/mol. The van der Waals surface area contributed by atoms with Crippen LogP contribution in [0.25, 0.3) is 0 Å². The van der Waals surface area contributed by atoms with Gasteiger partial charge >= 0.3 is 5.97 Å². The minimum absolute atomic E-state index is 0.0225. The van der Waals surface area contributed by atoms with Crippen LogP contribution in [0.5, 0.6) is 0 Å². The second-order valence-electron chi connectivity index (χ2n) is 2.78. The summed E-state index contributed by atoms with van der Waals surface area (Å²) in [6.07, 6.45) is 6.94. The van der Waals surface area contributed by atoms with E-state index in [9.17, 15) is 4.79 Å². The number of allylic oxidation sites excluding steroid dienone is 1. The molecule has 0 atom stereocenters. The van der Waals surface area contributed by atoms with Crippen LogP contribution in [-0.4, -0.2) is 12.6 Å². The third-order valence-electron chi connectivity index (χ3n) is 1.63.